The maximum Gasteiger partial charge on any atom is 0.264 e. The summed E-state index contributed by atoms with van der Waals surface area (Å²) in [5.41, 5.74) is -0.475. The fraction of sp³-hybridized carbons (Fsp3) is 0.412. The molecule has 1 N–H and O–H groups in total. The normalized spacial score (nSPS) is 28.6. The van der Waals surface area contributed by atoms with Crippen LogP contribution in [-0.2, 0) is 15.2 Å². The maximum absolute atomic E-state index is 12.8. The van der Waals surface area contributed by atoms with Crippen molar-refractivity contribution >= 4 is 17.4 Å². The second-order valence-corrected chi connectivity index (χ2v) is 5.75. The lowest BCUT2D eigenvalue weighted by Crippen LogP contribution is -2.49. The largest absolute Gasteiger partial charge is 0.375 e. The number of aliphatic hydroxyl groups is 1. The second-order valence-electron chi connectivity index (χ2n) is 5.75. The number of carbonyl (C=O) groups excluding carboxylic acids is 2. The van der Waals surface area contributed by atoms with E-state index in [2.05, 4.69) is 6.58 Å². The number of hydrogen-bond donors (Lipinski definition) is 1. The highest BCUT2D eigenvalue weighted by molar-refractivity contribution is 6.09. The summed E-state index contributed by atoms with van der Waals surface area (Å²) in [4.78, 5) is 26.6. The van der Waals surface area contributed by atoms with E-state index in [9.17, 15) is 14.7 Å². The molecule has 4 heteroatoms. The van der Waals surface area contributed by atoms with Crippen molar-refractivity contribution in [2.75, 3.05) is 11.4 Å². The lowest BCUT2D eigenvalue weighted by molar-refractivity contribution is -0.152. The predicted molar refractivity (Wildman–Crippen MR) is 79.9 cm³/mol. The van der Waals surface area contributed by atoms with Crippen molar-refractivity contribution in [3.63, 3.8) is 0 Å². The Balaban J connectivity index is 2.11. The van der Waals surface area contributed by atoms with Crippen molar-refractivity contribution in [1.82, 2.24) is 0 Å². The van der Waals surface area contributed by atoms with Gasteiger partial charge in [0.25, 0.3) is 5.91 Å². The van der Waals surface area contributed by atoms with Crippen molar-refractivity contribution in [1.29, 1.82) is 0 Å². The van der Waals surface area contributed by atoms with Gasteiger partial charge in [-0.3, -0.25) is 9.59 Å². The van der Waals surface area contributed by atoms with Crippen LogP contribution in [-0.4, -0.2) is 23.3 Å². The number of amides is 1. The molecule has 1 aliphatic carbocycles. The number of ketones is 1. The van der Waals surface area contributed by atoms with Crippen molar-refractivity contribution < 1.29 is 14.7 Å². The minimum absolute atomic E-state index is 0.00708. The van der Waals surface area contributed by atoms with Gasteiger partial charge in [-0.1, -0.05) is 30.7 Å². The number of Topliss-reactive ketones (excluding diaryl/α,β-unsaturated/α-hetero) is 1. The Morgan fingerprint density at radius 2 is 2.10 bits per heavy atom. The van der Waals surface area contributed by atoms with Gasteiger partial charge in [-0.05, 0) is 18.9 Å². The molecule has 1 aromatic rings. The van der Waals surface area contributed by atoms with Crippen molar-refractivity contribution in [2.24, 2.45) is 5.92 Å². The van der Waals surface area contributed by atoms with Crippen LogP contribution in [0.4, 0.5) is 5.69 Å². The Hall–Kier alpha value is -1.94. The Morgan fingerprint density at radius 3 is 2.81 bits per heavy atom. The molecule has 0 bridgehead atoms. The average molecular weight is 285 g/mol. The fourth-order valence-electron chi connectivity index (χ4n) is 3.53. The third-order valence-electron chi connectivity index (χ3n) is 4.55. The van der Waals surface area contributed by atoms with Crippen LogP contribution in [0.2, 0.25) is 0 Å². The van der Waals surface area contributed by atoms with Gasteiger partial charge in [-0.15, -0.1) is 6.58 Å². The van der Waals surface area contributed by atoms with Gasteiger partial charge in [0.1, 0.15) is 5.78 Å². The Bertz CT molecular complexity index is 610. The molecule has 1 fully saturated rings. The molecular weight excluding hydrogens is 266 g/mol. The summed E-state index contributed by atoms with van der Waals surface area (Å²) >= 11 is 0. The van der Waals surface area contributed by atoms with E-state index in [-0.39, 0.29) is 5.78 Å². The van der Waals surface area contributed by atoms with Crippen LogP contribution in [0.1, 0.15) is 31.2 Å². The van der Waals surface area contributed by atoms with Crippen LogP contribution < -0.4 is 4.90 Å². The van der Waals surface area contributed by atoms with Crippen molar-refractivity contribution in [2.45, 2.75) is 31.3 Å². The van der Waals surface area contributed by atoms with Crippen molar-refractivity contribution in [3.05, 3.63) is 42.5 Å². The molecular formula is C17H19NO3. The number of carbonyl (C=O) groups is 2. The highest BCUT2D eigenvalue weighted by Gasteiger charge is 2.56. The molecule has 21 heavy (non-hydrogen) atoms. The third kappa shape index (κ3) is 1.94. The quantitative estimate of drug-likeness (QED) is 0.866. The predicted octanol–water partition coefficient (Wildman–Crippen LogP) is 2.17. The van der Waals surface area contributed by atoms with E-state index < -0.39 is 17.4 Å². The average Bonchev–Trinajstić information content (AvgIpc) is 2.71. The van der Waals surface area contributed by atoms with E-state index >= 15 is 0 Å². The SMILES string of the molecule is C=CCN1C(=O)[C@@](O)(C2CCCCC2=O)c2ccccc21. The standard InChI is InChI=1S/C17H19NO3/c1-2-11-18-14-9-5-3-7-12(14)17(21,16(18)20)13-8-4-6-10-15(13)19/h2-3,5,7,9,13,21H,1,4,6,8,10-11H2/t13?,17-/m0/s1. The molecule has 110 valence electrons. The van der Waals surface area contributed by atoms with E-state index in [0.717, 1.165) is 12.8 Å². The monoisotopic (exact) mass is 285 g/mol. The number of nitrogens with zero attached hydrogens (tertiary/aromatic N) is 1. The van der Waals surface area contributed by atoms with Crippen LogP contribution in [0.3, 0.4) is 0 Å². The smallest absolute Gasteiger partial charge is 0.264 e. The van der Waals surface area contributed by atoms with E-state index in [4.69, 9.17) is 0 Å². The Labute approximate surface area is 124 Å². The third-order valence-corrected chi connectivity index (χ3v) is 4.55. The maximum atomic E-state index is 12.8. The lowest BCUT2D eigenvalue weighted by atomic mass is 9.73. The highest BCUT2D eigenvalue weighted by atomic mass is 16.3. The summed E-state index contributed by atoms with van der Waals surface area (Å²) < 4.78 is 0. The zero-order valence-corrected chi connectivity index (χ0v) is 11.9. The summed E-state index contributed by atoms with van der Waals surface area (Å²) in [6.45, 7) is 4.00. The second kappa shape index (κ2) is 5.11. The molecule has 3 rings (SSSR count). The topological polar surface area (TPSA) is 57.6 Å². The fourth-order valence-corrected chi connectivity index (χ4v) is 3.53. The molecule has 0 saturated heterocycles. The van der Waals surface area contributed by atoms with Gasteiger partial charge in [0.15, 0.2) is 5.60 Å². The minimum Gasteiger partial charge on any atom is -0.375 e. The minimum atomic E-state index is -1.71. The summed E-state index contributed by atoms with van der Waals surface area (Å²) in [5.74, 6) is -1.04. The molecule has 0 radical (unpaired) electrons. The van der Waals surface area contributed by atoms with Crippen LogP contribution in [0, 0.1) is 5.92 Å². The molecule has 0 spiro atoms. The summed E-state index contributed by atoms with van der Waals surface area (Å²) in [7, 11) is 0. The molecule has 2 aliphatic rings. The molecule has 1 amide bonds. The van der Waals surface area contributed by atoms with Gasteiger partial charge < -0.3 is 10.0 Å². The van der Waals surface area contributed by atoms with Crippen molar-refractivity contribution in [3.8, 4) is 0 Å². The summed E-state index contributed by atoms with van der Waals surface area (Å²) in [6.07, 6.45) is 4.36. The lowest BCUT2D eigenvalue weighted by Gasteiger charge is -2.33. The highest BCUT2D eigenvalue weighted by Crippen LogP contribution is 2.47. The molecule has 2 atom stereocenters. The van der Waals surface area contributed by atoms with E-state index in [1.807, 2.05) is 12.1 Å². The van der Waals surface area contributed by atoms with E-state index in [0.29, 0.717) is 30.6 Å². The van der Waals surface area contributed by atoms with E-state index in [1.165, 1.54) is 4.90 Å². The first kappa shape index (κ1) is 14.0. The zero-order valence-electron chi connectivity index (χ0n) is 11.9. The van der Waals surface area contributed by atoms with Crippen LogP contribution in [0.15, 0.2) is 36.9 Å². The van der Waals surface area contributed by atoms with Crippen LogP contribution in [0.5, 0.6) is 0 Å². The number of benzene rings is 1. The zero-order chi connectivity index (χ0) is 15.0. The van der Waals surface area contributed by atoms with E-state index in [1.54, 1.807) is 18.2 Å². The first-order valence-corrected chi connectivity index (χ1v) is 7.38. The van der Waals surface area contributed by atoms with Gasteiger partial charge in [0.05, 0.1) is 11.6 Å². The van der Waals surface area contributed by atoms with Gasteiger partial charge in [-0.25, -0.2) is 0 Å². The molecule has 4 nitrogen and oxygen atoms in total. The van der Waals surface area contributed by atoms with Gasteiger partial charge in [0, 0.05) is 18.5 Å². The number of anilines is 1. The van der Waals surface area contributed by atoms with Crippen LogP contribution in [0.25, 0.3) is 0 Å². The number of rotatable bonds is 3. The summed E-state index contributed by atoms with van der Waals surface area (Å²) in [5, 5.41) is 11.2. The van der Waals surface area contributed by atoms with Gasteiger partial charge in [0.2, 0.25) is 0 Å². The number of fused-ring (bicyclic) bond motifs is 1. The molecule has 1 heterocycles. The summed E-state index contributed by atoms with van der Waals surface area (Å²) in [6, 6.07) is 7.18. The van der Waals surface area contributed by atoms with Crippen LogP contribution >= 0.6 is 0 Å². The molecule has 1 saturated carbocycles. The van der Waals surface area contributed by atoms with Gasteiger partial charge >= 0.3 is 0 Å². The molecule has 1 aromatic carbocycles. The van der Waals surface area contributed by atoms with Gasteiger partial charge in [-0.2, -0.15) is 0 Å². The number of para-hydroxylation sites is 1. The molecule has 0 aromatic heterocycles. The first-order valence-electron chi connectivity index (χ1n) is 7.38. The number of hydrogen-bond acceptors (Lipinski definition) is 3. The Kier molecular flexibility index (Phi) is 3.41. The Morgan fingerprint density at radius 1 is 1.33 bits per heavy atom. The molecule has 1 aliphatic heterocycles. The molecule has 1 unspecified atom stereocenters. The first-order chi connectivity index (χ1) is 10.1.